The van der Waals surface area contributed by atoms with E-state index in [-0.39, 0.29) is 30.7 Å². The normalized spacial score (nSPS) is 19.1. The van der Waals surface area contributed by atoms with Gasteiger partial charge in [0.2, 0.25) is 10.0 Å². The summed E-state index contributed by atoms with van der Waals surface area (Å²) in [6.45, 7) is -0.0830. The molecule has 9 nitrogen and oxygen atoms in total. The number of amides is 1. The molecule has 1 aliphatic heterocycles. The lowest BCUT2D eigenvalue weighted by Crippen LogP contribution is -2.31. The fourth-order valence-electron chi connectivity index (χ4n) is 3.65. The minimum absolute atomic E-state index is 0.0778. The molecule has 1 saturated heterocycles. The fourth-order valence-corrected chi connectivity index (χ4v) is 4.04. The van der Waals surface area contributed by atoms with Gasteiger partial charge in [0, 0.05) is 19.2 Å². The van der Waals surface area contributed by atoms with E-state index in [4.69, 9.17) is 5.14 Å². The number of halogens is 2. The van der Waals surface area contributed by atoms with Gasteiger partial charge in [-0.1, -0.05) is 12.1 Å². The van der Waals surface area contributed by atoms with Gasteiger partial charge < -0.3 is 10.2 Å². The Balaban J connectivity index is 1.62. The largest absolute Gasteiger partial charge is 0.351 e. The number of nitrogens with two attached hydrogens (primary N) is 1. The number of primary sulfonamides is 1. The summed E-state index contributed by atoms with van der Waals surface area (Å²) in [6.07, 6.45) is 1.98. The first-order chi connectivity index (χ1) is 14.7. The summed E-state index contributed by atoms with van der Waals surface area (Å²) < 4.78 is 51.5. The molecule has 31 heavy (non-hydrogen) atoms. The van der Waals surface area contributed by atoms with Crippen LogP contribution in [0.3, 0.4) is 0 Å². The van der Waals surface area contributed by atoms with Crippen molar-refractivity contribution in [2.75, 3.05) is 23.7 Å². The van der Waals surface area contributed by atoms with Crippen LogP contribution >= 0.6 is 0 Å². The van der Waals surface area contributed by atoms with E-state index < -0.39 is 39.7 Å². The van der Waals surface area contributed by atoms with Crippen molar-refractivity contribution in [2.24, 2.45) is 5.14 Å². The number of carbonyl (C=O) groups excluding carboxylic acids is 1. The van der Waals surface area contributed by atoms with Crippen LogP contribution in [0.1, 0.15) is 28.4 Å². The molecule has 2 atom stereocenters. The topological polar surface area (TPSA) is 123 Å². The molecule has 0 bridgehead atoms. The van der Waals surface area contributed by atoms with Gasteiger partial charge >= 0.3 is 0 Å². The van der Waals surface area contributed by atoms with Gasteiger partial charge in [-0.3, -0.25) is 4.79 Å². The molecule has 12 heteroatoms. The van der Waals surface area contributed by atoms with Crippen LogP contribution in [0.4, 0.5) is 14.6 Å². The van der Waals surface area contributed by atoms with E-state index in [1.54, 1.807) is 29.3 Å². The number of alkyl halides is 1. The van der Waals surface area contributed by atoms with Gasteiger partial charge in [0.15, 0.2) is 5.65 Å². The first-order valence-electron chi connectivity index (χ1n) is 9.50. The first kappa shape index (κ1) is 21.1. The molecule has 164 valence electrons. The highest BCUT2D eigenvalue weighted by Gasteiger charge is 2.34. The molecule has 0 saturated carbocycles. The Morgan fingerprint density at radius 2 is 2.13 bits per heavy atom. The molecule has 3 aromatic rings. The van der Waals surface area contributed by atoms with Crippen molar-refractivity contribution < 1.29 is 22.0 Å². The fraction of sp³-hybridized carbons (Fsp3) is 0.316. The molecular weight excluding hydrogens is 430 g/mol. The third-order valence-electron chi connectivity index (χ3n) is 5.05. The lowest BCUT2D eigenvalue weighted by Gasteiger charge is -2.25. The third-order valence-corrected chi connectivity index (χ3v) is 5.82. The number of nitrogens with zero attached hydrogens (tertiary/aromatic N) is 4. The molecule has 0 radical (unpaired) electrons. The van der Waals surface area contributed by atoms with Gasteiger partial charge in [0.25, 0.3) is 5.91 Å². The maximum atomic E-state index is 14.3. The molecule has 3 heterocycles. The molecule has 0 spiro atoms. The summed E-state index contributed by atoms with van der Waals surface area (Å²) in [5, 5.41) is 11.5. The average Bonchev–Trinajstić information content (AvgIpc) is 3.30. The van der Waals surface area contributed by atoms with Crippen molar-refractivity contribution in [2.45, 2.75) is 18.6 Å². The van der Waals surface area contributed by atoms with Crippen LogP contribution in [-0.4, -0.2) is 53.9 Å². The number of hydrogen-bond acceptors (Lipinski definition) is 6. The van der Waals surface area contributed by atoms with Gasteiger partial charge in [-0.05, 0) is 23.8 Å². The van der Waals surface area contributed by atoms with Crippen molar-refractivity contribution in [1.29, 1.82) is 0 Å². The highest BCUT2D eigenvalue weighted by Crippen LogP contribution is 2.37. The molecule has 1 aliphatic rings. The predicted octanol–water partition coefficient (Wildman–Crippen LogP) is 1.18. The van der Waals surface area contributed by atoms with Crippen LogP contribution < -0.4 is 15.4 Å². The second-order valence-corrected chi connectivity index (χ2v) is 9.03. The lowest BCUT2D eigenvalue weighted by atomic mass is 10.0. The predicted molar refractivity (Wildman–Crippen MR) is 109 cm³/mol. The monoisotopic (exact) mass is 450 g/mol. The smallest absolute Gasteiger partial charge is 0.256 e. The second-order valence-electron chi connectivity index (χ2n) is 7.29. The zero-order valence-electron chi connectivity index (χ0n) is 16.3. The Labute approximate surface area is 176 Å². The zero-order valence-corrected chi connectivity index (χ0v) is 17.1. The summed E-state index contributed by atoms with van der Waals surface area (Å²) in [4.78, 5) is 18.7. The van der Waals surface area contributed by atoms with Crippen LogP contribution in [0.2, 0.25) is 0 Å². The summed E-state index contributed by atoms with van der Waals surface area (Å²) >= 11 is 0. The molecule has 0 unspecified atom stereocenters. The Bertz CT molecular complexity index is 1230. The van der Waals surface area contributed by atoms with E-state index in [0.717, 1.165) is 0 Å². The number of sulfonamides is 1. The van der Waals surface area contributed by atoms with E-state index in [0.29, 0.717) is 11.4 Å². The number of benzene rings is 1. The van der Waals surface area contributed by atoms with Gasteiger partial charge in [0.05, 0.1) is 24.5 Å². The zero-order chi connectivity index (χ0) is 22.2. The molecule has 1 fully saturated rings. The first-order valence-corrected chi connectivity index (χ1v) is 11.2. The molecule has 2 aromatic heterocycles. The van der Waals surface area contributed by atoms with Crippen molar-refractivity contribution in [3.8, 4) is 0 Å². The van der Waals surface area contributed by atoms with Gasteiger partial charge in [-0.15, -0.1) is 0 Å². The van der Waals surface area contributed by atoms with E-state index in [2.05, 4.69) is 15.4 Å². The highest BCUT2D eigenvalue weighted by atomic mass is 32.2. The van der Waals surface area contributed by atoms with Crippen LogP contribution in [0, 0.1) is 5.82 Å². The minimum Gasteiger partial charge on any atom is -0.351 e. The number of anilines is 1. The highest BCUT2D eigenvalue weighted by molar-refractivity contribution is 7.89. The molecule has 1 amide bonds. The van der Waals surface area contributed by atoms with Crippen LogP contribution in [0.15, 0.2) is 42.7 Å². The standard InChI is InChI=1S/C19H20F2N6O3S/c20-13-3-1-2-12(8-13)16-9-14(21)11-26(16)17-4-6-27-18(25-17)15(10-24-27)19(28)23-5-7-31(22,29)30/h1-4,6,8,10,14,16H,5,7,9,11H2,(H,23,28)(H2,22,29,30)/t14-,16+/m0/s1. The van der Waals surface area contributed by atoms with E-state index >= 15 is 0 Å². The number of carbonyl (C=O) groups is 1. The maximum absolute atomic E-state index is 14.3. The number of aromatic nitrogens is 3. The van der Waals surface area contributed by atoms with Gasteiger partial charge in [-0.25, -0.2) is 31.8 Å². The molecule has 4 rings (SSSR count). The quantitative estimate of drug-likeness (QED) is 0.581. The minimum atomic E-state index is -3.71. The van der Waals surface area contributed by atoms with Crippen molar-refractivity contribution >= 4 is 27.4 Å². The van der Waals surface area contributed by atoms with Crippen LogP contribution in [-0.2, 0) is 10.0 Å². The molecule has 1 aromatic carbocycles. The maximum Gasteiger partial charge on any atom is 0.256 e. The number of fused-ring (bicyclic) bond motifs is 1. The number of nitrogens with one attached hydrogen (secondary N) is 1. The Morgan fingerprint density at radius 3 is 2.87 bits per heavy atom. The van der Waals surface area contributed by atoms with Crippen LogP contribution in [0.25, 0.3) is 5.65 Å². The molecule has 0 aliphatic carbocycles. The average molecular weight is 450 g/mol. The van der Waals surface area contributed by atoms with Crippen molar-refractivity contribution in [1.82, 2.24) is 19.9 Å². The van der Waals surface area contributed by atoms with Gasteiger partial charge in [-0.2, -0.15) is 5.10 Å². The molecule has 3 N–H and O–H groups in total. The number of hydrogen-bond donors (Lipinski definition) is 2. The summed E-state index contributed by atoms with van der Waals surface area (Å²) in [6, 6.07) is 7.25. The van der Waals surface area contributed by atoms with E-state index in [1.807, 2.05) is 0 Å². The summed E-state index contributed by atoms with van der Waals surface area (Å²) in [5.41, 5.74) is 0.997. The second kappa shape index (κ2) is 8.19. The summed E-state index contributed by atoms with van der Waals surface area (Å²) in [7, 11) is -3.71. The van der Waals surface area contributed by atoms with Crippen molar-refractivity contribution in [3.63, 3.8) is 0 Å². The van der Waals surface area contributed by atoms with Crippen LogP contribution in [0.5, 0.6) is 0 Å². The Kier molecular flexibility index (Phi) is 5.58. The van der Waals surface area contributed by atoms with Crippen molar-refractivity contribution in [3.05, 3.63) is 59.7 Å². The Morgan fingerprint density at radius 1 is 1.32 bits per heavy atom. The van der Waals surface area contributed by atoms with E-state index in [9.17, 15) is 22.0 Å². The number of rotatable bonds is 6. The Hall–Kier alpha value is -3.12. The third kappa shape index (κ3) is 4.64. The summed E-state index contributed by atoms with van der Waals surface area (Å²) in [5.74, 6) is -0.953. The van der Waals surface area contributed by atoms with E-state index in [1.165, 1.54) is 22.8 Å². The SMILES string of the molecule is NS(=O)(=O)CCNC(=O)c1cnn2ccc(N3C[C@@H](F)C[C@@H]3c3cccc(F)c3)nc12. The molecular formula is C19H20F2N6O3S. The lowest BCUT2D eigenvalue weighted by molar-refractivity contribution is 0.0957. The van der Waals surface area contributed by atoms with Gasteiger partial charge in [0.1, 0.15) is 23.4 Å².